The second-order valence-electron chi connectivity index (χ2n) is 4.20. The van der Waals surface area contributed by atoms with Crippen LogP contribution in [-0.2, 0) is 11.3 Å². The van der Waals surface area contributed by atoms with Crippen molar-refractivity contribution in [3.63, 3.8) is 0 Å². The summed E-state index contributed by atoms with van der Waals surface area (Å²) in [5, 5.41) is 18.4. The van der Waals surface area contributed by atoms with Crippen LogP contribution >= 0.6 is 0 Å². The van der Waals surface area contributed by atoms with E-state index < -0.39 is 17.9 Å². The molecule has 2 heterocycles. The van der Waals surface area contributed by atoms with E-state index in [1.807, 2.05) is 0 Å². The van der Waals surface area contributed by atoms with Crippen LogP contribution in [0.5, 0.6) is 0 Å². The number of carbonyl (C=O) groups excluding carboxylic acids is 1. The predicted octanol–water partition coefficient (Wildman–Crippen LogP) is 0.150. The van der Waals surface area contributed by atoms with Crippen molar-refractivity contribution in [3.8, 4) is 0 Å². The van der Waals surface area contributed by atoms with Gasteiger partial charge in [0.15, 0.2) is 5.69 Å². The first-order chi connectivity index (χ1) is 9.45. The van der Waals surface area contributed by atoms with E-state index in [1.54, 1.807) is 20.0 Å². The van der Waals surface area contributed by atoms with Gasteiger partial charge in [-0.05, 0) is 13.8 Å². The lowest BCUT2D eigenvalue weighted by atomic mass is 10.3. The molecule has 20 heavy (non-hydrogen) atoms. The number of oxazole rings is 1. The van der Waals surface area contributed by atoms with E-state index in [4.69, 9.17) is 9.52 Å². The molecule has 0 aliphatic rings. The summed E-state index contributed by atoms with van der Waals surface area (Å²) >= 11 is 0. The Morgan fingerprint density at radius 3 is 2.90 bits per heavy atom. The van der Waals surface area contributed by atoms with E-state index in [1.165, 1.54) is 6.20 Å². The molecule has 1 atom stereocenters. The van der Waals surface area contributed by atoms with Crippen molar-refractivity contribution in [2.24, 2.45) is 0 Å². The Bertz CT molecular complexity index is 632. The first kappa shape index (κ1) is 13.7. The van der Waals surface area contributed by atoms with Crippen LogP contribution in [0.3, 0.4) is 0 Å². The van der Waals surface area contributed by atoms with Gasteiger partial charge in [-0.3, -0.25) is 9.59 Å². The average Bonchev–Trinajstić information content (AvgIpc) is 2.97. The summed E-state index contributed by atoms with van der Waals surface area (Å²) in [6, 6.07) is -0.430. The molecule has 0 radical (unpaired) electrons. The minimum Gasteiger partial charge on any atom is -0.480 e. The van der Waals surface area contributed by atoms with Crippen LogP contribution in [-0.4, -0.2) is 37.0 Å². The summed E-state index contributed by atoms with van der Waals surface area (Å²) in [6.45, 7) is 3.11. The van der Waals surface area contributed by atoms with E-state index in [0.29, 0.717) is 11.7 Å². The van der Waals surface area contributed by atoms with Crippen LogP contribution in [0.25, 0.3) is 0 Å². The highest BCUT2D eigenvalue weighted by atomic mass is 16.4. The molecule has 2 rings (SSSR count). The topological polar surface area (TPSA) is 123 Å². The molecule has 0 bridgehead atoms. The summed E-state index contributed by atoms with van der Waals surface area (Å²) < 4.78 is 6.36. The quantitative estimate of drug-likeness (QED) is 0.798. The van der Waals surface area contributed by atoms with E-state index in [9.17, 15) is 9.59 Å². The molecule has 0 aliphatic carbocycles. The third-order valence-electron chi connectivity index (χ3n) is 2.43. The van der Waals surface area contributed by atoms with Crippen LogP contribution in [0, 0.1) is 6.92 Å². The molecule has 0 aromatic carbocycles. The molecule has 1 amide bonds. The second-order valence-corrected chi connectivity index (χ2v) is 4.20. The van der Waals surface area contributed by atoms with Crippen molar-refractivity contribution >= 4 is 11.9 Å². The molecule has 2 N–H and O–H groups in total. The molecule has 0 aliphatic heterocycles. The number of rotatable bonds is 5. The predicted molar refractivity (Wildman–Crippen MR) is 64.8 cm³/mol. The summed E-state index contributed by atoms with van der Waals surface area (Å²) in [6.07, 6.45) is 2.82. The van der Waals surface area contributed by atoms with Gasteiger partial charge in [-0.15, -0.1) is 5.10 Å². The SMILES string of the molecule is Cc1cnc(C(C)NC(=O)c2cn(CC(=O)O)nn2)o1. The smallest absolute Gasteiger partial charge is 0.325 e. The molecule has 2 aromatic rings. The van der Waals surface area contributed by atoms with Gasteiger partial charge in [0.2, 0.25) is 5.89 Å². The van der Waals surface area contributed by atoms with Crippen molar-refractivity contribution in [1.82, 2.24) is 25.3 Å². The highest BCUT2D eigenvalue weighted by Gasteiger charge is 2.18. The first-order valence-corrected chi connectivity index (χ1v) is 5.81. The fourth-order valence-electron chi connectivity index (χ4n) is 1.52. The van der Waals surface area contributed by atoms with Gasteiger partial charge in [0, 0.05) is 0 Å². The van der Waals surface area contributed by atoms with Crippen LogP contribution in [0.4, 0.5) is 0 Å². The number of aromatic nitrogens is 4. The normalized spacial score (nSPS) is 12.1. The average molecular weight is 279 g/mol. The molecule has 0 spiro atoms. The zero-order chi connectivity index (χ0) is 14.7. The standard InChI is InChI=1S/C11H13N5O4/c1-6-3-12-11(20-6)7(2)13-10(19)8-4-16(15-14-8)5-9(17)18/h3-4,7H,5H2,1-2H3,(H,13,19)(H,17,18). The van der Waals surface area contributed by atoms with Crippen LogP contribution in [0.2, 0.25) is 0 Å². The molecule has 0 saturated carbocycles. The number of hydrogen-bond acceptors (Lipinski definition) is 6. The Hall–Kier alpha value is -2.71. The number of carbonyl (C=O) groups is 2. The number of carboxylic acid groups (broad SMARTS) is 1. The zero-order valence-corrected chi connectivity index (χ0v) is 10.9. The van der Waals surface area contributed by atoms with Gasteiger partial charge in [0.1, 0.15) is 18.3 Å². The number of hydrogen-bond donors (Lipinski definition) is 2. The van der Waals surface area contributed by atoms with E-state index in [2.05, 4.69) is 20.6 Å². The van der Waals surface area contributed by atoms with Crippen LogP contribution in [0.15, 0.2) is 16.8 Å². The van der Waals surface area contributed by atoms with Gasteiger partial charge >= 0.3 is 5.97 Å². The molecule has 0 saturated heterocycles. The zero-order valence-electron chi connectivity index (χ0n) is 10.9. The number of nitrogens with zero attached hydrogens (tertiary/aromatic N) is 4. The number of carboxylic acids is 1. The van der Waals surface area contributed by atoms with Crippen molar-refractivity contribution in [2.75, 3.05) is 0 Å². The molecular weight excluding hydrogens is 266 g/mol. The van der Waals surface area contributed by atoms with Crippen molar-refractivity contribution in [2.45, 2.75) is 26.4 Å². The largest absolute Gasteiger partial charge is 0.480 e. The molecule has 2 aromatic heterocycles. The number of aryl methyl sites for hydroxylation is 1. The maximum atomic E-state index is 11.9. The van der Waals surface area contributed by atoms with Gasteiger partial charge < -0.3 is 14.8 Å². The third-order valence-corrected chi connectivity index (χ3v) is 2.43. The molecule has 0 fully saturated rings. The fraction of sp³-hybridized carbons (Fsp3) is 0.364. The van der Waals surface area contributed by atoms with Gasteiger partial charge in [-0.25, -0.2) is 9.67 Å². The van der Waals surface area contributed by atoms with Crippen LogP contribution < -0.4 is 5.32 Å². The van der Waals surface area contributed by atoms with Gasteiger partial charge in [0.05, 0.1) is 12.4 Å². The van der Waals surface area contributed by atoms with Gasteiger partial charge in [-0.2, -0.15) is 0 Å². The molecular formula is C11H13N5O4. The monoisotopic (exact) mass is 279 g/mol. The molecule has 9 heteroatoms. The van der Waals surface area contributed by atoms with E-state index >= 15 is 0 Å². The maximum absolute atomic E-state index is 11.9. The molecule has 1 unspecified atom stereocenters. The van der Waals surface area contributed by atoms with Crippen molar-refractivity contribution in [1.29, 1.82) is 0 Å². The fourth-order valence-corrected chi connectivity index (χ4v) is 1.52. The Morgan fingerprint density at radius 2 is 2.30 bits per heavy atom. The summed E-state index contributed by atoms with van der Waals surface area (Å²) in [7, 11) is 0. The van der Waals surface area contributed by atoms with Crippen LogP contribution in [0.1, 0.15) is 35.1 Å². The van der Waals surface area contributed by atoms with E-state index in [-0.39, 0.29) is 12.2 Å². The Labute approximate surface area is 113 Å². The Morgan fingerprint density at radius 1 is 1.55 bits per heavy atom. The number of nitrogens with one attached hydrogen (secondary N) is 1. The second kappa shape index (κ2) is 5.51. The number of aliphatic carboxylic acids is 1. The lowest BCUT2D eigenvalue weighted by Gasteiger charge is -2.08. The van der Waals surface area contributed by atoms with Crippen molar-refractivity contribution < 1.29 is 19.1 Å². The van der Waals surface area contributed by atoms with E-state index in [0.717, 1.165) is 4.68 Å². The third kappa shape index (κ3) is 3.19. The van der Waals surface area contributed by atoms with Crippen molar-refractivity contribution in [3.05, 3.63) is 29.7 Å². The van der Waals surface area contributed by atoms with Gasteiger partial charge in [0.25, 0.3) is 5.91 Å². The van der Waals surface area contributed by atoms with Gasteiger partial charge in [-0.1, -0.05) is 5.21 Å². The number of amides is 1. The Kier molecular flexibility index (Phi) is 3.78. The molecule has 9 nitrogen and oxygen atoms in total. The maximum Gasteiger partial charge on any atom is 0.325 e. The molecule has 106 valence electrons. The summed E-state index contributed by atoms with van der Waals surface area (Å²) in [4.78, 5) is 26.4. The minimum atomic E-state index is -1.06. The lowest BCUT2D eigenvalue weighted by Crippen LogP contribution is -2.27. The summed E-state index contributed by atoms with van der Waals surface area (Å²) in [5.41, 5.74) is 0.0291. The minimum absolute atomic E-state index is 0.0291. The highest BCUT2D eigenvalue weighted by Crippen LogP contribution is 2.12. The highest BCUT2D eigenvalue weighted by molar-refractivity contribution is 5.92. The lowest BCUT2D eigenvalue weighted by molar-refractivity contribution is -0.137. The Balaban J connectivity index is 2.01. The summed E-state index contributed by atoms with van der Waals surface area (Å²) in [5.74, 6) is -0.516. The first-order valence-electron chi connectivity index (χ1n) is 5.81.